The summed E-state index contributed by atoms with van der Waals surface area (Å²) in [6, 6.07) is 0.217. The van der Waals surface area contributed by atoms with Crippen LogP contribution in [0.1, 0.15) is 19.3 Å². The third kappa shape index (κ3) is 2.76. The number of carbonyl (C=O) groups excluding carboxylic acids is 1. The van der Waals surface area contributed by atoms with Crippen molar-refractivity contribution in [1.29, 1.82) is 0 Å². The maximum Gasteiger partial charge on any atom is 0.407 e. The number of cyclic esters (lactones) is 1. The minimum absolute atomic E-state index is 0.217. The Bertz CT molecular complexity index is 138. The van der Waals surface area contributed by atoms with Crippen LogP contribution in [0, 0.1) is 0 Å². The van der Waals surface area contributed by atoms with Crippen LogP contribution in [0.2, 0.25) is 0 Å². The quantitative estimate of drug-likeness (QED) is 0.575. The standard InChI is InChI=1S/C7H14N2O2/c8-4-2-1-3-6-5-11-7(10)9-6/h6H,1-5,8H2,(H,9,10)/t6-/m0/s1. The molecular weight excluding hydrogens is 144 g/mol. The van der Waals surface area contributed by atoms with Crippen molar-refractivity contribution in [2.75, 3.05) is 13.2 Å². The van der Waals surface area contributed by atoms with Crippen molar-refractivity contribution in [2.24, 2.45) is 5.73 Å². The lowest BCUT2D eigenvalue weighted by atomic mass is 10.1. The van der Waals surface area contributed by atoms with Gasteiger partial charge in [-0.1, -0.05) is 6.42 Å². The fourth-order valence-electron chi connectivity index (χ4n) is 1.12. The zero-order valence-electron chi connectivity index (χ0n) is 6.51. The first-order valence-electron chi connectivity index (χ1n) is 3.96. The molecule has 3 N–H and O–H groups in total. The van der Waals surface area contributed by atoms with Crippen molar-refractivity contribution in [1.82, 2.24) is 5.32 Å². The van der Waals surface area contributed by atoms with E-state index in [-0.39, 0.29) is 12.1 Å². The molecule has 0 unspecified atom stereocenters. The Morgan fingerprint density at radius 1 is 1.64 bits per heavy atom. The van der Waals surface area contributed by atoms with Gasteiger partial charge in [0.05, 0.1) is 6.04 Å². The van der Waals surface area contributed by atoms with Crippen LogP contribution in [-0.4, -0.2) is 25.3 Å². The van der Waals surface area contributed by atoms with E-state index in [0.717, 1.165) is 25.8 Å². The fraction of sp³-hybridized carbons (Fsp3) is 0.857. The maximum atomic E-state index is 10.5. The van der Waals surface area contributed by atoms with Crippen molar-refractivity contribution >= 4 is 6.09 Å². The molecule has 1 saturated heterocycles. The lowest BCUT2D eigenvalue weighted by molar-refractivity contribution is 0.176. The molecule has 0 aromatic rings. The van der Waals surface area contributed by atoms with Crippen molar-refractivity contribution in [3.05, 3.63) is 0 Å². The number of nitrogens with one attached hydrogen (secondary N) is 1. The first kappa shape index (κ1) is 8.33. The van der Waals surface area contributed by atoms with Crippen LogP contribution in [0.15, 0.2) is 0 Å². The number of ether oxygens (including phenoxy) is 1. The molecule has 0 bridgehead atoms. The molecule has 0 saturated carbocycles. The van der Waals surface area contributed by atoms with Gasteiger partial charge in [0.15, 0.2) is 0 Å². The van der Waals surface area contributed by atoms with Crippen LogP contribution >= 0.6 is 0 Å². The van der Waals surface area contributed by atoms with E-state index in [1.54, 1.807) is 0 Å². The average molecular weight is 158 g/mol. The van der Waals surface area contributed by atoms with E-state index >= 15 is 0 Å². The average Bonchev–Trinajstić information content (AvgIpc) is 2.37. The molecule has 1 aliphatic rings. The van der Waals surface area contributed by atoms with E-state index in [0.29, 0.717) is 6.61 Å². The van der Waals surface area contributed by atoms with Gasteiger partial charge >= 0.3 is 6.09 Å². The number of nitrogens with two attached hydrogens (primary N) is 1. The number of carbonyl (C=O) groups is 1. The van der Waals surface area contributed by atoms with Crippen LogP contribution < -0.4 is 11.1 Å². The van der Waals surface area contributed by atoms with Gasteiger partial charge in [-0.3, -0.25) is 0 Å². The summed E-state index contributed by atoms with van der Waals surface area (Å²) in [4.78, 5) is 10.5. The Morgan fingerprint density at radius 3 is 3.00 bits per heavy atom. The summed E-state index contributed by atoms with van der Waals surface area (Å²) in [5.41, 5.74) is 5.32. The molecule has 0 aromatic carbocycles. The summed E-state index contributed by atoms with van der Waals surface area (Å²) >= 11 is 0. The van der Waals surface area contributed by atoms with Gasteiger partial charge in [-0.15, -0.1) is 0 Å². The predicted molar refractivity (Wildman–Crippen MR) is 41.2 cm³/mol. The van der Waals surface area contributed by atoms with Crippen LogP contribution in [0.5, 0.6) is 0 Å². The van der Waals surface area contributed by atoms with Crippen molar-refractivity contribution < 1.29 is 9.53 Å². The topological polar surface area (TPSA) is 64.3 Å². The van der Waals surface area contributed by atoms with Gasteiger partial charge in [0.2, 0.25) is 0 Å². The zero-order valence-corrected chi connectivity index (χ0v) is 6.51. The molecule has 0 aliphatic carbocycles. The smallest absolute Gasteiger partial charge is 0.407 e. The number of rotatable bonds is 4. The minimum Gasteiger partial charge on any atom is -0.447 e. The van der Waals surface area contributed by atoms with Crippen molar-refractivity contribution in [3.8, 4) is 0 Å². The van der Waals surface area contributed by atoms with Gasteiger partial charge in [0.1, 0.15) is 6.61 Å². The lowest BCUT2D eigenvalue weighted by Crippen LogP contribution is -2.25. The molecule has 0 spiro atoms. The molecular formula is C7H14N2O2. The first-order chi connectivity index (χ1) is 5.33. The van der Waals surface area contributed by atoms with Gasteiger partial charge in [0, 0.05) is 0 Å². The summed E-state index contributed by atoms with van der Waals surface area (Å²) in [5, 5.41) is 2.71. The largest absolute Gasteiger partial charge is 0.447 e. The number of hydrogen-bond donors (Lipinski definition) is 2. The monoisotopic (exact) mass is 158 g/mol. The highest BCUT2D eigenvalue weighted by atomic mass is 16.6. The van der Waals surface area contributed by atoms with E-state index in [4.69, 9.17) is 10.5 Å². The predicted octanol–water partition coefficient (Wildman–Crippen LogP) is 0.224. The summed E-state index contributed by atoms with van der Waals surface area (Å²) in [7, 11) is 0. The Hall–Kier alpha value is -0.770. The van der Waals surface area contributed by atoms with Gasteiger partial charge in [-0.25, -0.2) is 4.79 Å². The fourth-order valence-corrected chi connectivity index (χ4v) is 1.12. The first-order valence-corrected chi connectivity index (χ1v) is 3.96. The van der Waals surface area contributed by atoms with Gasteiger partial charge < -0.3 is 15.8 Å². The molecule has 11 heavy (non-hydrogen) atoms. The second-order valence-corrected chi connectivity index (χ2v) is 2.72. The van der Waals surface area contributed by atoms with Gasteiger partial charge in [0.25, 0.3) is 0 Å². The number of amides is 1. The summed E-state index contributed by atoms with van der Waals surface area (Å²) < 4.78 is 4.71. The Morgan fingerprint density at radius 2 is 2.45 bits per heavy atom. The number of hydrogen-bond acceptors (Lipinski definition) is 3. The molecule has 64 valence electrons. The molecule has 4 heteroatoms. The minimum atomic E-state index is -0.289. The van der Waals surface area contributed by atoms with E-state index in [2.05, 4.69) is 5.32 Å². The van der Waals surface area contributed by atoms with E-state index in [1.807, 2.05) is 0 Å². The summed E-state index contributed by atoms with van der Waals surface area (Å²) in [6.45, 7) is 1.24. The number of unbranched alkanes of at least 4 members (excludes halogenated alkanes) is 1. The van der Waals surface area contributed by atoms with E-state index in [9.17, 15) is 4.79 Å². The third-order valence-electron chi connectivity index (χ3n) is 1.74. The molecule has 4 nitrogen and oxygen atoms in total. The molecule has 1 atom stereocenters. The molecule has 0 radical (unpaired) electrons. The molecule has 1 heterocycles. The Balaban J connectivity index is 2.04. The molecule has 1 aliphatic heterocycles. The van der Waals surface area contributed by atoms with E-state index < -0.39 is 0 Å². The molecule has 1 fully saturated rings. The highest BCUT2D eigenvalue weighted by Gasteiger charge is 2.20. The SMILES string of the molecule is NCCCC[C@H]1COC(=O)N1. The van der Waals surface area contributed by atoms with Crippen LogP contribution in [0.3, 0.4) is 0 Å². The Labute approximate surface area is 66.1 Å². The third-order valence-corrected chi connectivity index (χ3v) is 1.74. The summed E-state index contributed by atoms with van der Waals surface area (Å²) in [5.74, 6) is 0. The second-order valence-electron chi connectivity index (χ2n) is 2.72. The zero-order chi connectivity index (χ0) is 8.10. The Kier molecular flexibility index (Phi) is 3.16. The highest BCUT2D eigenvalue weighted by Crippen LogP contribution is 2.05. The van der Waals surface area contributed by atoms with Crippen molar-refractivity contribution in [2.45, 2.75) is 25.3 Å². The highest BCUT2D eigenvalue weighted by molar-refractivity contribution is 5.69. The number of alkyl carbamates (subject to hydrolysis) is 1. The second kappa shape index (κ2) is 4.18. The molecule has 1 rings (SSSR count). The van der Waals surface area contributed by atoms with Crippen LogP contribution in [0.4, 0.5) is 4.79 Å². The van der Waals surface area contributed by atoms with E-state index in [1.165, 1.54) is 0 Å². The van der Waals surface area contributed by atoms with Crippen LogP contribution in [0.25, 0.3) is 0 Å². The lowest BCUT2D eigenvalue weighted by Gasteiger charge is -2.04. The molecule has 0 aromatic heterocycles. The summed E-state index contributed by atoms with van der Waals surface area (Å²) in [6.07, 6.45) is 2.77. The van der Waals surface area contributed by atoms with Gasteiger partial charge in [-0.2, -0.15) is 0 Å². The van der Waals surface area contributed by atoms with Crippen LogP contribution in [-0.2, 0) is 4.74 Å². The normalized spacial score (nSPS) is 23.0. The molecule has 1 amide bonds. The van der Waals surface area contributed by atoms with Gasteiger partial charge in [-0.05, 0) is 19.4 Å². The maximum absolute atomic E-state index is 10.5. The van der Waals surface area contributed by atoms with Crippen molar-refractivity contribution in [3.63, 3.8) is 0 Å².